The lowest BCUT2D eigenvalue weighted by Crippen LogP contribution is -2.20. The summed E-state index contributed by atoms with van der Waals surface area (Å²) in [5.74, 6) is 0.000879. The molecular formula is C15H21FO2. The van der Waals surface area contributed by atoms with Crippen molar-refractivity contribution in [3.63, 3.8) is 0 Å². The van der Waals surface area contributed by atoms with Crippen LogP contribution in [0.25, 0.3) is 0 Å². The second-order valence-electron chi connectivity index (χ2n) is 4.86. The third-order valence-corrected chi connectivity index (χ3v) is 3.62. The second kappa shape index (κ2) is 6.62. The summed E-state index contributed by atoms with van der Waals surface area (Å²) in [6.07, 6.45) is 3.82. The van der Waals surface area contributed by atoms with Crippen LogP contribution >= 0.6 is 0 Å². The zero-order valence-electron chi connectivity index (χ0n) is 11.4. The molecule has 0 atom stereocenters. The summed E-state index contributed by atoms with van der Waals surface area (Å²) in [5.41, 5.74) is 2.39. The van der Waals surface area contributed by atoms with Gasteiger partial charge in [0.2, 0.25) is 0 Å². The lowest BCUT2D eigenvalue weighted by atomic mass is 9.84. The van der Waals surface area contributed by atoms with Crippen LogP contribution in [-0.4, -0.2) is 18.2 Å². The van der Waals surface area contributed by atoms with E-state index in [4.69, 9.17) is 0 Å². The Labute approximate surface area is 108 Å². The summed E-state index contributed by atoms with van der Waals surface area (Å²) < 4.78 is 11.9. The highest BCUT2D eigenvalue weighted by molar-refractivity contribution is 6.24. The van der Waals surface area contributed by atoms with E-state index < -0.39 is 0 Å². The Kier molecular flexibility index (Phi) is 5.45. The molecule has 0 saturated heterocycles. The van der Waals surface area contributed by atoms with Gasteiger partial charge in [0.25, 0.3) is 0 Å². The quantitative estimate of drug-likeness (QED) is 0.533. The standard InChI is InChI=1S/C15H21FO2/c1-10-11(2)15(18)13(12(3)14(10)17)8-6-4-5-7-9-16/h4-9H2,1-3H3. The summed E-state index contributed by atoms with van der Waals surface area (Å²) >= 11 is 0. The van der Waals surface area contributed by atoms with Gasteiger partial charge >= 0.3 is 0 Å². The van der Waals surface area contributed by atoms with Gasteiger partial charge in [-0.05, 0) is 40.0 Å². The minimum absolute atomic E-state index is 0.00846. The first kappa shape index (κ1) is 14.8. The van der Waals surface area contributed by atoms with Gasteiger partial charge in [-0.15, -0.1) is 0 Å². The number of unbranched alkanes of at least 4 members (excludes halogenated alkanes) is 3. The fraction of sp³-hybridized carbons (Fsp3) is 0.600. The molecule has 1 aliphatic rings. The first-order valence-corrected chi connectivity index (χ1v) is 6.53. The monoisotopic (exact) mass is 252 g/mol. The van der Waals surface area contributed by atoms with Crippen molar-refractivity contribution in [2.75, 3.05) is 6.67 Å². The third kappa shape index (κ3) is 3.15. The van der Waals surface area contributed by atoms with Gasteiger partial charge in [0, 0.05) is 22.3 Å². The zero-order valence-corrected chi connectivity index (χ0v) is 11.4. The van der Waals surface area contributed by atoms with Gasteiger partial charge < -0.3 is 0 Å². The van der Waals surface area contributed by atoms with Gasteiger partial charge in [0.1, 0.15) is 0 Å². The molecule has 0 aromatic heterocycles. The molecule has 1 aliphatic carbocycles. The van der Waals surface area contributed by atoms with Crippen molar-refractivity contribution in [3.05, 3.63) is 22.3 Å². The van der Waals surface area contributed by atoms with Crippen molar-refractivity contribution < 1.29 is 14.0 Å². The number of Topliss-reactive ketones (excluding diaryl/α,β-unsaturated/α-hetero) is 2. The molecule has 0 amide bonds. The van der Waals surface area contributed by atoms with E-state index in [0.717, 1.165) is 19.3 Å². The van der Waals surface area contributed by atoms with Gasteiger partial charge in [-0.2, -0.15) is 0 Å². The van der Waals surface area contributed by atoms with Gasteiger partial charge in [-0.25, -0.2) is 0 Å². The molecule has 1 rings (SSSR count). The molecule has 0 bridgehead atoms. The molecule has 0 spiro atoms. The van der Waals surface area contributed by atoms with Crippen LogP contribution in [0, 0.1) is 0 Å². The second-order valence-corrected chi connectivity index (χ2v) is 4.86. The highest BCUT2D eigenvalue weighted by Crippen LogP contribution is 2.27. The summed E-state index contributed by atoms with van der Waals surface area (Å²) in [7, 11) is 0. The predicted octanol–water partition coefficient (Wildman–Crippen LogP) is 3.71. The molecule has 0 aromatic carbocycles. The minimum Gasteiger partial charge on any atom is -0.289 e. The summed E-state index contributed by atoms with van der Waals surface area (Å²) in [5, 5.41) is 0. The third-order valence-electron chi connectivity index (χ3n) is 3.62. The van der Waals surface area contributed by atoms with Crippen molar-refractivity contribution in [3.8, 4) is 0 Å². The van der Waals surface area contributed by atoms with E-state index in [1.807, 2.05) is 0 Å². The summed E-state index contributed by atoms with van der Waals surface area (Å²) in [4.78, 5) is 24.0. The predicted molar refractivity (Wildman–Crippen MR) is 70.1 cm³/mol. The van der Waals surface area contributed by atoms with E-state index in [2.05, 4.69) is 0 Å². The van der Waals surface area contributed by atoms with Gasteiger partial charge in [-0.1, -0.05) is 12.8 Å². The van der Waals surface area contributed by atoms with E-state index in [0.29, 0.717) is 35.1 Å². The molecule has 0 fully saturated rings. The molecule has 3 heteroatoms. The fourth-order valence-corrected chi connectivity index (χ4v) is 2.21. The van der Waals surface area contributed by atoms with Crippen LogP contribution in [0.5, 0.6) is 0 Å². The first-order valence-electron chi connectivity index (χ1n) is 6.53. The molecule has 0 saturated carbocycles. The maximum Gasteiger partial charge on any atom is 0.185 e. The molecule has 2 nitrogen and oxygen atoms in total. The fourth-order valence-electron chi connectivity index (χ4n) is 2.21. The number of carbonyl (C=O) groups excluding carboxylic acids is 2. The number of halogens is 1. The molecule has 0 radical (unpaired) electrons. The number of rotatable bonds is 6. The molecule has 100 valence electrons. The van der Waals surface area contributed by atoms with Crippen LogP contribution in [-0.2, 0) is 9.59 Å². The molecule has 0 heterocycles. The molecule has 0 unspecified atom stereocenters. The van der Waals surface area contributed by atoms with Crippen LogP contribution in [0.1, 0.15) is 52.9 Å². The largest absolute Gasteiger partial charge is 0.289 e. The van der Waals surface area contributed by atoms with Crippen molar-refractivity contribution in [1.82, 2.24) is 0 Å². The minimum atomic E-state index is -0.278. The zero-order chi connectivity index (χ0) is 13.7. The van der Waals surface area contributed by atoms with Crippen LogP contribution in [0.2, 0.25) is 0 Å². The Morgan fingerprint density at radius 1 is 0.778 bits per heavy atom. The number of alkyl halides is 1. The Morgan fingerprint density at radius 2 is 1.33 bits per heavy atom. The maximum absolute atomic E-state index is 12.1. The van der Waals surface area contributed by atoms with E-state index >= 15 is 0 Å². The van der Waals surface area contributed by atoms with Crippen molar-refractivity contribution in [2.45, 2.75) is 52.9 Å². The van der Waals surface area contributed by atoms with Crippen LogP contribution < -0.4 is 0 Å². The lowest BCUT2D eigenvalue weighted by molar-refractivity contribution is -0.116. The van der Waals surface area contributed by atoms with Gasteiger partial charge in [0.05, 0.1) is 6.67 Å². The van der Waals surface area contributed by atoms with Crippen molar-refractivity contribution in [1.29, 1.82) is 0 Å². The number of allylic oxidation sites excluding steroid dienone is 4. The van der Waals surface area contributed by atoms with Crippen molar-refractivity contribution in [2.24, 2.45) is 0 Å². The molecular weight excluding hydrogens is 231 g/mol. The Hall–Kier alpha value is -1.25. The number of hydrogen-bond acceptors (Lipinski definition) is 2. The molecule has 0 aromatic rings. The number of ketones is 2. The molecule has 0 N–H and O–H groups in total. The van der Waals surface area contributed by atoms with Gasteiger partial charge in [0.15, 0.2) is 11.6 Å². The Morgan fingerprint density at radius 3 is 1.94 bits per heavy atom. The van der Waals surface area contributed by atoms with Crippen LogP contribution in [0.15, 0.2) is 22.3 Å². The highest BCUT2D eigenvalue weighted by Gasteiger charge is 2.26. The maximum atomic E-state index is 12.1. The topological polar surface area (TPSA) is 34.1 Å². The molecule has 18 heavy (non-hydrogen) atoms. The summed E-state index contributed by atoms with van der Waals surface area (Å²) in [6.45, 7) is 4.87. The van der Waals surface area contributed by atoms with Gasteiger partial charge in [-0.3, -0.25) is 14.0 Å². The Balaban J connectivity index is 2.65. The van der Waals surface area contributed by atoms with E-state index in [-0.39, 0.29) is 18.2 Å². The highest BCUT2D eigenvalue weighted by atomic mass is 19.1. The average Bonchev–Trinajstić information content (AvgIpc) is 2.37. The smallest absolute Gasteiger partial charge is 0.185 e. The summed E-state index contributed by atoms with van der Waals surface area (Å²) in [6, 6.07) is 0. The number of hydrogen-bond donors (Lipinski definition) is 0. The van der Waals surface area contributed by atoms with Crippen LogP contribution in [0.3, 0.4) is 0 Å². The Bertz CT molecular complexity index is 416. The van der Waals surface area contributed by atoms with E-state index in [9.17, 15) is 14.0 Å². The van der Waals surface area contributed by atoms with Crippen molar-refractivity contribution >= 4 is 11.6 Å². The SMILES string of the molecule is CC1=C(C)C(=O)C(CCCCCCF)=C(C)C1=O. The lowest BCUT2D eigenvalue weighted by Gasteiger charge is -2.18. The average molecular weight is 252 g/mol. The molecule has 0 aliphatic heterocycles. The normalized spacial score (nSPS) is 16.9. The van der Waals surface area contributed by atoms with E-state index in [1.165, 1.54) is 0 Å². The number of carbonyl (C=O) groups is 2. The van der Waals surface area contributed by atoms with E-state index in [1.54, 1.807) is 20.8 Å². The first-order chi connectivity index (χ1) is 8.50. The van der Waals surface area contributed by atoms with Crippen LogP contribution in [0.4, 0.5) is 4.39 Å².